The van der Waals surface area contributed by atoms with Crippen LogP contribution >= 0.6 is 11.6 Å². The van der Waals surface area contributed by atoms with E-state index in [1.165, 1.54) is 30.5 Å². The van der Waals surface area contributed by atoms with Gasteiger partial charge in [0.2, 0.25) is 15.9 Å². The summed E-state index contributed by atoms with van der Waals surface area (Å²) in [4.78, 5) is 25.5. The van der Waals surface area contributed by atoms with Crippen molar-refractivity contribution in [1.29, 1.82) is 0 Å². The maximum atomic E-state index is 14.5. The lowest BCUT2D eigenvalue weighted by Crippen LogP contribution is -2.35. The summed E-state index contributed by atoms with van der Waals surface area (Å²) in [6, 6.07) is 7.24. The normalized spacial score (nSPS) is 16.6. The molecule has 1 unspecified atom stereocenters. The second-order valence-corrected chi connectivity index (χ2v) is 9.86. The molecule has 172 valence electrons. The highest BCUT2D eigenvalue weighted by Gasteiger charge is 2.32. The highest BCUT2D eigenvalue weighted by Crippen LogP contribution is 2.37. The largest absolute Gasteiger partial charge is 0.330 e. The Morgan fingerprint density at radius 3 is 2.73 bits per heavy atom. The van der Waals surface area contributed by atoms with Crippen LogP contribution in [-0.2, 0) is 19.6 Å². The molecule has 2 heterocycles. The van der Waals surface area contributed by atoms with E-state index in [1.807, 2.05) is 0 Å². The fourth-order valence-electron chi connectivity index (χ4n) is 3.78. The summed E-state index contributed by atoms with van der Waals surface area (Å²) in [6.45, 7) is 1.57. The lowest BCUT2D eigenvalue weighted by molar-refractivity contribution is -0.121. The smallest absolute Gasteiger partial charge is 0.254 e. The number of benzene rings is 2. The Morgan fingerprint density at radius 2 is 2.00 bits per heavy atom. The zero-order valence-electron chi connectivity index (χ0n) is 17.5. The Kier molecular flexibility index (Phi) is 5.85. The second-order valence-electron chi connectivity index (χ2n) is 7.70. The van der Waals surface area contributed by atoms with Crippen LogP contribution in [0.25, 0.3) is 10.9 Å². The quantitative estimate of drug-likeness (QED) is 0.435. The van der Waals surface area contributed by atoms with Crippen molar-refractivity contribution in [3.8, 4) is 0 Å². The summed E-state index contributed by atoms with van der Waals surface area (Å²) >= 11 is 6.11. The average molecular weight is 492 g/mol. The summed E-state index contributed by atoms with van der Waals surface area (Å²) in [5.41, 5.74) is 1.59. The Balaban J connectivity index is 1.71. The number of nitrogens with one attached hydrogen (secondary N) is 4. The van der Waals surface area contributed by atoms with Gasteiger partial charge in [0.1, 0.15) is 5.82 Å². The number of fused-ring (bicyclic) bond motifs is 1. The molecule has 1 atom stereocenters. The number of anilines is 2. The van der Waals surface area contributed by atoms with Crippen LogP contribution in [0, 0.1) is 5.82 Å². The van der Waals surface area contributed by atoms with Crippen molar-refractivity contribution >= 4 is 55.7 Å². The van der Waals surface area contributed by atoms with Crippen molar-refractivity contribution in [2.24, 2.45) is 0 Å². The highest BCUT2D eigenvalue weighted by atomic mass is 35.5. The molecular formula is C21H19ClFN5O4S. The van der Waals surface area contributed by atoms with Crippen LogP contribution in [0.4, 0.5) is 15.8 Å². The first-order chi connectivity index (χ1) is 15.5. The number of sulfonamides is 1. The lowest BCUT2D eigenvalue weighted by atomic mass is 9.84. The Labute approximate surface area is 193 Å². The SMILES string of the molecule is CC1=C(C(=O)Nc2cc3cn[nH]c3cc2F)C(c2ccc(Cl)c(NS(C)(=O)=O)c2)CC(=O)N1. The molecule has 0 aliphatic carbocycles. The van der Waals surface area contributed by atoms with Gasteiger partial charge in [0, 0.05) is 35.1 Å². The number of amides is 2. The van der Waals surface area contributed by atoms with E-state index in [1.54, 1.807) is 13.0 Å². The molecule has 33 heavy (non-hydrogen) atoms. The molecule has 1 aliphatic rings. The minimum atomic E-state index is -3.61. The molecule has 0 spiro atoms. The molecule has 0 radical (unpaired) electrons. The van der Waals surface area contributed by atoms with E-state index in [2.05, 4.69) is 25.6 Å². The van der Waals surface area contributed by atoms with E-state index in [0.717, 1.165) is 6.26 Å². The fraction of sp³-hybridized carbons (Fsp3) is 0.190. The van der Waals surface area contributed by atoms with Crippen molar-refractivity contribution in [1.82, 2.24) is 15.5 Å². The van der Waals surface area contributed by atoms with Gasteiger partial charge in [0.15, 0.2) is 0 Å². The molecule has 0 fully saturated rings. The van der Waals surface area contributed by atoms with Crippen LogP contribution in [0.3, 0.4) is 0 Å². The second kappa shape index (κ2) is 8.49. The molecular weight excluding hydrogens is 473 g/mol. The number of carbonyl (C=O) groups excluding carboxylic acids is 2. The first-order valence-corrected chi connectivity index (χ1v) is 12.0. The number of hydrogen-bond donors (Lipinski definition) is 4. The maximum Gasteiger partial charge on any atom is 0.254 e. The number of H-pyrrole nitrogens is 1. The molecule has 4 rings (SSSR count). The van der Waals surface area contributed by atoms with E-state index in [9.17, 15) is 22.4 Å². The summed E-state index contributed by atoms with van der Waals surface area (Å²) in [6.07, 6.45) is 2.42. The molecule has 12 heteroatoms. The molecule has 9 nitrogen and oxygen atoms in total. The van der Waals surface area contributed by atoms with Crippen LogP contribution in [0.5, 0.6) is 0 Å². The first-order valence-electron chi connectivity index (χ1n) is 9.73. The highest BCUT2D eigenvalue weighted by molar-refractivity contribution is 7.92. The zero-order chi connectivity index (χ0) is 23.9. The molecule has 2 amide bonds. The third-order valence-corrected chi connectivity index (χ3v) is 6.10. The van der Waals surface area contributed by atoms with E-state index in [-0.39, 0.29) is 34.3 Å². The molecule has 0 bridgehead atoms. The fourth-order valence-corrected chi connectivity index (χ4v) is 4.57. The lowest BCUT2D eigenvalue weighted by Gasteiger charge is -2.27. The zero-order valence-corrected chi connectivity index (χ0v) is 19.1. The van der Waals surface area contributed by atoms with Crippen molar-refractivity contribution in [2.75, 3.05) is 16.3 Å². The van der Waals surface area contributed by atoms with Gasteiger partial charge >= 0.3 is 0 Å². The molecule has 0 saturated carbocycles. The van der Waals surface area contributed by atoms with Crippen molar-refractivity contribution in [3.63, 3.8) is 0 Å². The van der Waals surface area contributed by atoms with Gasteiger partial charge < -0.3 is 10.6 Å². The molecule has 3 aromatic rings. The van der Waals surface area contributed by atoms with Gasteiger partial charge in [0.25, 0.3) is 5.91 Å². The molecule has 2 aromatic carbocycles. The van der Waals surface area contributed by atoms with Crippen LogP contribution in [0.1, 0.15) is 24.8 Å². The minimum Gasteiger partial charge on any atom is -0.330 e. The van der Waals surface area contributed by atoms with E-state index in [4.69, 9.17) is 11.6 Å². The van der Waals surface area contributed by atoms with Crippen molar-refractivity contribution < 1.29 is 22.4 Å². The van der Waals surface area contributed by atoms with Gasteiger partial charge in [-0.2, -0.15) is 5.10 Å². The standard InChI is InChI=1S/C21H19ClFN5O4S/c1-10-20(21(30)26-18-6-12-9-24-27-16(12)8-15(18)23)13(7-19(29)25-10)11-3-4-14(22)17(5-11)28-33(2,31)32/h3-6,8-9,13,28H,7H2,1-2H3,(H,24,27)(H,25,29)(H,26,30). The van der Waals surface area contributed by atoms with Gasteiger partial charge in [-0.05, 0) is 30.7 Å². The van der Waals surface area contributed by atoms with Gasteiger partial charge in [-0.1, -0.05) is 17.7 Å². The van der Waals surface area contributed by atoms with E-state index >= 15 is 0 Å². The summed E-state index contributed by atoms with van der Waals surface area (Å²) < 4.78 is 40.2. The molecule has 4 N–H and O–H groups in total. The Bertz CT molecular complexity index is 1430. The van der Waals surface area contributed by atoms with E-state index in [0.29, 0.717) is 22.2 Å². The van der Waals surface area contributed by atoms with Gasteiger partial charge in [-0.3, -0.25) is 19.4 Å². The maximum absolute atomic E-state index is 14.5. The number of rotatable bonds is 5. The number of aromatic nitrogens is 2. The van der Waals surface area contributed by atoms with Crippen molar-refractivity contribution in [2.45, 2.75) is 19.3 Å². The summed E-state index contributed by atoms with van der Waals surface area (Å²) in [5, 5.41) is 12.5. The van der Waals surface area contributed by atoms with Gasteiger partial charge in [-0.25, -0.2) is 12.8 Å². The number of nitrogens with zero attached hydrogens (tertiary/aromatic N) is 1. The van der Waals surface area contributed by atoms with Crippen LogP contribution in [0.15, 0.2) is 47.8 Å². The van der Waals surface area contributed by atoms with Crippen molar-refractivity contribution in [3.05, 3.63) is 64.2 Å². The third kappa shape index (κ3) is 4.83. The van der Waals surface area contributed by atoms with Gasteiger partial charge in [-0.15, -0.1) is 0 Å². The van der Waals surface area contributed by atoms with Crippen LogP contribution in [0.2, 0.25) is 5.02 Å². The molecule has 1 aliphatic heterocycles. The number of hydrogen-bond acceptors (Lipinski definition) is 5. The Morgan fingerprint density at radius 1 is 1.24 bits per heavy atom. The van der Waals surface area contributed by atoms with Crippen LogP contribution < -0.4 is 15.4 Å². The number of aromatic amines is 1. The summed E-state index contributed by atoms with van der Waals surface area (Å²) in [7, 11) is -3.61. The predicted molar refractivity (Wildman–Crippen MR) is 123 cm³/mol. The minimum absolute atomic E-state index is 0.0413. The predicted octanol–water partition coefficient (Wildman–Crippen LogP) is 3.24. The topological polar surface area (TPSA) is 133 Å². The van der Waals surface area contributed by atoms with Crippen LogP contribution in [-0.4, -0.2) is 36.7 Å². The number of halogens is 2. The van der Waals surface area contributed by atoms with E-state index < -0.39 is 27.7 Å². The first kappa shape index (κ1) is 22.7. The third-order valence-electron chi connectivity index (χ3n) is 5.18. The molecule has 1 aromatic heterocycles. The Hall–Kier alpha value is -3.44. The molecule has 0 saturated heterocycles. The number of allylic oxidation sites excluding steroid dienone is 1. The average Bonchev–Trinajstić information content (AvgIpc) is 3.15. The number of carbonyl (C=O) groups is 2. The summed E-state index contributed by atoms with van der Waals surface area (Å²) in [5.74, 6) is -2.28. The van der Waals surface area contributed by atoms with Gasteiger partial charge in [0.05, 0.1) is 34.4 Å². The monoisotopic (exact) mass is 491 g/mol.